The van der Waals surface area contributed by atoms with Crippen molar-refractivity contribution in [3.63, 3.8) is 0 Å². The predicted octanol–water partition coefficient (Wildman–Crippen LogP) is 1.09. The molecule has 15 heavy (non-hydrogen) atoms. The molecule has 1 aromatic carbocycles. The number of sulfone groups is 1. The van der Waals surface area contributed by atoms with Gasteiger partial charge in [-0.3, -0.25) is 0 Å². The highest BCUT2D eigenvalue weighted by atomic mass is 32.2. The van der Waals surface area contributed by atoms with E-state index >= 15 is 0 Å². The summed E-state index contributed by atoms with van der Waals surface area (Å²) in [5.74, 6) is -0.697. The summed E-state index contributed by atoms with van der Waals surface area (Å²) in [4.78, 5) is -0.229. The molecular formula is C10H12FNO2S. The lowest BCUT2D eigenvalue weighted by atomic mass is 10.3. The maximum Gasteiger partial charge on any atom is 0.188 e. The number of hydrogen-bond donors (Lipinski definition) is 1. The first-order valence-electron chi connectivity index (χ1n) is 4.73. The van der Waals surface area contributed by atoms with Crippen molar-refractivity contribution < 1.29 is 12.8 Å². The van der Waals surface area contributed by atoms with Crippen molar-refractivity contribution in [3.05, 3.63) is 30.1 Å². The van der Waals surface area contributed by atoms with E-state index in [4.69, 9.17) is 5.73 Å². The zero-order valence-electron chi connectivity index (χ0n) is 8.11. The number of rotatable bonds is 3. The molecule has 5 heteroatoms. The summed E-state index contributed by atoms with van der Waals surface area (Å²) in [5, 5.41) is 0. The number of halogens is 1. The zero-order valence-corrected chi connectivity index (χ0v) is 8.93. The van der Waals surface area contributed by atoms with Gasteiger partial charge in [0.05, 0.1) is 4.75 Å². The fraction of sp³-hybridized carbons (Fsp3) is 0.400. The molecule has 0 atom stereocenters. The summed E-state index contributed by atoms with van der Waals surface area (Å²) < 4.78 is 36.5. The Hall–Kier alpha value is -0.940. The van der Waals surface area contributed by atoms with Crippen molar-refractivity contribution in [2.75, 3.05) is 6.54 Å². The third kappa shape index (κ3) is 1.46. The second kappa shape index (κ2) is 3.28. The number of nitrogens with two attached hydrogens (primary N) is 1. The van der Waals surface area contributed by atoms with Crippen LogP contribution in [0.4, 0.5) is 4.39 Å². The first-order chi connectivity index (χ1) is 7.03. The number of hydrogen-bond acceptors (Lipinski definition) is 3. The predicted molar refractivity (Wildman–Crippen MR) is 54.6 cm³/mol. The van der Waals surface area contributed by atoms with Gasteiger partial charge in [-0.2, -0.15) is 0 Å². The lowest BCUT2D eigenvalue weighted by Gasteiger charge is -2.14. The van der Waals surface area contributed by atoms with Crippen LogP contribution in [0.3, 0.4) is 0 Å². The van der Waals surface area contributed by atoms with Crippen molar-refractivity contribution in [1.29, 1.82) is 0 Å². The van der Waals surface area contributed by atoms with Crippen molar-refractivity contribution in [1.82, 2.24) is 0 Å². The van der Waals surface area contributed by atoms with Crippen LogP contribution in [0.15, 0.2) is 29.2 Å². The summed E-state index contributed by atoms with van der Waals surface area (Å²) in [5.41, 5.74) is 5.44. The molecule has 2 rings (SSSR count). The molecule has 3 nitrogen and oxygen atoms in total. The summed E-state index contributed by atoms with van der Waals surface area (Å²) in [6, 6.07) is 5.43. The van der Waals surface area contributed by atoms with Crippen LogP contribution in [0.25, 0.3) is 0 Å². The van der Waals surface area contributed by atoms with Gasteiger partial charge in [0.2, 0.25) is 0 Å². The van der Waals surface area contributed by atoms with Crippen LogP contribution in [0.5, 0.6) is 0 Å². The van der Waals surface area contributed by atoms with Crippen LogP contribution in [-0.2, 0) is 9.84 Å². The van der Waals surface area contributed by atoms with Gasteiger partial charge in [-0.05, 0) is 25.0 Å². The average molecular weight is 229 g/mol. The van der Waals surface area contributed by atoms with Crippen molar-refractivity contribution in [2.24, 2.45) is 5.73 Å². The molecule has 82 valence electrons. The van der Waals surface area contributed by atoms with Crippen LogP contribution in [0.1, 0.15) is 12.8 Å². The van der Waals surface area contributed by atoms with Crippen molar-refractivity contribution in [2.45, 2.75) is 22.5 Å². The van der Waals surface area contributed by atoms with E-state index in [1.165, 1.54) is 18.2 Å². The normalized spacial score (nSPS) is 18.8. The van der Waals surface area contributed by atoms with Crippen LogP contribution in [0.2, 0.25) is 0 Å². The molecular weight excluding hydrogens is 217 g/mol. The zero-order chi connectivity index (χ0) is 11.1. The third-order valence-electron chi connectivity index (χ3n) is 2.88. The minimum Gasteiger partial charge on any atom is -0.329 e. The lowest BCUT2D eigenvalue weighted by Crippen LogP contribution is -2.32. The van der Waals surface area contributed by atoms with Crippen molar-refractivity contribution >= 4 is 9.84 Å². The Labute approximate surface area is 88.0 Å². The van der Waals surface area contributed by atoms with Gasteiger partial charge in [0.1, 0.15) is 10.7 Å². The van der Waals surface area contributed by atoms with E-state index in [1.807, 2.05) is 0 Å². The minimum atomic E-state index is -3.61. The van der Waals surface area contributed by atoms with E-state index in [0.29, 0.717) is 12.8 Å². The van der Waals surface area contributed by atoms with Crippen molar-refractivity contribution in [3.8, 4) is 0 Å². The van der Waals surface area contributed by atoms with Crippen LogP contribution < -0.4 is 5.73 Å². The Morgan fingerprint density at radius 2 is 1.93 bits per heavy atom. The molecule has 1 saturated carbocycles. The molecule has 1 aromatic rings. The highest BCUT2D eigenvalue weighted by Crippen LogP contribution is 2.46. The van der Waals surface area contributed by atoms with Gasteiger partial charge in [-0.1, -0.05) is 12.1 Å². The van der Waals surface area contributed by atoms with Crippen LogP contribution in [0, 0.1) is 5.82 Å². The quantitative estimate of drug-likeness (QED) is 0.844. The lowest BCUT2D eigenvalue weighted by molar-refractivity contribution is 0.554. The van der Waals surface area contributed by atoms with Gasteiger partial charge >= 0.3 is 0 Å². The number of benzene rings is 1. The second-order valence-electron chi connectivity index (χ2n) is 3.82. The van der Waals surface area contributed by atoms with Gasteiger partial charge in [0.25, 0.3) is 0 Å². The molecule has 0 spiro atoms. The van der Waals surface area contributed by atoms with Gasteiger partial charge in [0, 0.05) is 6.54 Å². The van der Waals surface area contributed by atoms with E-state index < -0.39 is 20.4 Å². The molecule has 0 amide bonds. The smallest absolute Gasteiger partial charge is 0.188 e. The first-order valence-corrected chi connectivity index (χ1v) is 6.21. The Morgan fingerprint density at radius 1 is 1.33 bits per heavy atom. The Kier molecular flexibility index (Phi) is 2.31. The fourth-order valence-corrected chi connectivity index (χ4v) is 3.53. The van der Waals surface area contributed by atoms with E-state index in [-0.39, 0.29) is 11.4 Å². The second-order valence-corrected chi connectivity index (χ2v) is 6.13. The van der Waals surface area contributed by atoms with E-state index in [2.05, 4.69) is 0 Å². The molecule has 1 aliphatic rings. The molecule has 2 N–H and O–H groups in total. The summed E-state index contributed by atoms with van der Waals surface area (Å²) in [7, 11) is -3.61. The topological polar surface area (TPSA) is 60.2 Å². The first kappa shape index (κ1) is 10.6. The molecule has 0 aromatic heterocycles. The minimum absolute atomic E-state index is 0.0592. The SMILES string of the molecule is NCC1(S(=O)(=O)c2ccccc2F)CC1. The molecule has 0 unspecified atom stereocenters. The molecule has 0 bridgehead atoms. The molecule has 0 saturated heterocycles. The maximum absolute atomic E-state index is 13.4. The van der Waals surface area contributed by atoms with Crippen LogP contribution in [-0.4, -0.2) is 19.7 Å². The maximum atomic E-state index is 13.4. The largest absolute Gasteiger partial charge is 0.329 e. The Balaban J connectivity index is 2.52. The summed E-state index contributed by atoms with van der Waals surface area (Å²) in [6.45, 7) is 0.0592. The molecule has 0 radical (unpaired) electrons. The molecule has 0 aliphatic heterocycles. The summed E-state index contributed by atoms with van der Waals surface area (Å²) >= 11 is 0. The molecule has 1 aliphatic carbocycles. The van der Waals surface area contributed by atoms with Gasteiger partial charge in [-0.25, -0.2) is 12.8 Å². The summed E-state index contributed by atoms with van der Waals surface area (Å²) in [6.07, 6.45) is 1.06. The van der Waals surface area contributed by atoms with Gasteiger partial charge < -0.3 is 5.73 Å². The van der Waals surface area contributed by atoms with Gasteiger partial charge in [-0.15, -0.1) is 0 Å². The average Bonchev–Trinajstić information content (AvgIpc) is 2.98. The molecule has 1 fully saturated rings. The highest BCUT2D eigenvalue weighted by Gasteiger charge is 2.54. The Morgan fingerprint density at radius 3 is 2.40 bits per heavy atom. The highest BCUT2D eigenvalue weighted by molar-refractivity contribution is 7.93. The fourth-order valence-electron chi connectivity index (χ4n) is 1.62. The van der Waals surface area contributed by atoms with E-state index in [1.54, 1.807) is 0 Å². The van der Waals surface area contributed by atoms with Gasteiger partial charge in [0.15, 0.2) is 9.84 Å². The van der Waals surface area contributed by atoms with E-state index in [9.17, 15) is 12.8 Å². The Bertz CT molecular complexity index is 480. The van der Waals surface area contributed by atoms with Crippen LogP contribution >= 0.6 is 0 Å². The van der Waals surface area contributed by atoms with E-state index in [0.717, 1.165) is 6.07 Å². The third-order valence-corrected chi connectivity index (χ3v) is 5.50. The molecule has 0 heterocycles. The standard InChI is InChI=1S/C10H12FNO2S/c11-8-3-1-2-4-9(8)15(13,14)10(7-12)5-6-10/h1-4H,5-7,12H2. The monoisotopic (exact) mass is 229 g/mol.